The van der Waals surface area contributed by atoms with Gasteiger partial charge in [0.1, 0.15) is 5.75 Å². The molecule has 0 fully saturated rings. The Bertz CT molecular complexity index is 904. The molecule has 0 saturated carbocycles. The quantitative estimate of drug-likeness (QED) is 0.480. The lowest BCUT2D eigenvalue weighted by Gasteiger charge is -2.15. The molecule has 8 nitrogen and oxygen atoms in total. The molecule has 1 aliphatic heterocycles. The van der Waals surface area contributed by atoms with E-state index in [1.807, 2.05) is 0 Å². The summed E-state index contributed by atoms with van der Waals surface area (Å²) >= 11 is 0. The molecule has 0 atom stereocenters. The third-order valence-electron chi connectivity index (χ3n) is 4.14. The number of aliphatic imine (C=N–C) groups is 1. The SMILES string of the molecule is CN=C(NCc1ccc(C(N)=O)cc1)NCc1cc2c(cc1OC(F)F)OCO2. The van der Waals surface area contributed by atoms with Gasteiger partial charge in [0.05, 0.1) is 0 Å². The number of nitrogens with one attached hydrogen (secondary N) is 2. The first kappa shape index (κ1) is 20.2. The van der Waals surface area contributed by atoms with Gasteiger partial charge in [-0.15, -0.1) is 0 Å². The maximum absolute atomic E-state index is 12.7. The van der Waals surface area contributed by atoms with E-state index in [4.69, 9.17) is 15.2 Å². The molecule has 0 radical (unpaired) electrons. The number of alkyl halides is 2. The lowest BCUT2D eigenvalue weighted by Crippen LogP contribution is -2.36. The zero-order chi connectivity index (χ0) is 20.8. The number of benzene rings is 2. The number of nitrogens with two attached hydrogens (primary N) is 1. The number of fused-ring (bicyclic) bond motifs is 1. The van der Waals surface area contributed by atoms with E-state index in [9.17, 15) is 13.6 Å². The highest BCUT2D eigenvalue weighted by molar-refractivity contribution is 5.92. The van der Waals surface area contributed by atoms with E-state index in [0.29, 0.717) is 35.1 Å². The van der Waals surface area contributed by atoms with Crippen molar-refractivity contribution in [1.82, 2.24) is 10.6 Å². The Morgan fingerprint density at radius 3 is 2.45 bits per heavy atom. The van der Waals surface area contributed by atoms with Crippen molar-refractivity contribution in [3.63, 3.8) is 0 Å². The first-order chi connectivity index (χ1) is 14.0. The van der Waals surface area contributed by atoms with E-state index in [1.165, 1.54) is 6.07 Å². The van der Waals surface area contributed by atoms with Crippen LogP contribution in [-0.4, -0.2) is 32.3 Å². The third kappa shape index (κ3) is 5.24. The molecule has 154 valence electrons. The number of rotatable bonds is 7. The van der Waals surface area contributed by atoms with Gasteiger partial charge in [0, 0.05) is 37.3 Å². The fourth-order valence-corrected chi connectivity index (χ4v) is 2.68. The van der Waals surface area contributed by atoms with Crippen LogP contribution in [0.4, 0.5) is 8.78 Å². The van der Waals surface area contributed by atoms with Gasteiger partial charge in [-0.25, -0.2) is 0 Å². The molecule has 0 saturated heterocycles. The zero-order valence-corrected chi connectivity index (χ0v) is 15.6. The standard InChI is InChI=1S/C19H20F2N4O4/c1-23-19(24-8-11-2-4-12(5-3-11)17(22)26)25-9-13-6-15-16(28-10-27-15)7-14(13)29-18(20)21/h2-7,18H,8-10H2,1H3,(H2,22,26)(H2,23,24,25). The first-order valence-electron chi connectivity index (χ1n) is 8.67. The van der Waals surface area contributed by atoms with Gasteiger partial charge in [-0.1, -0.05) is 12.1 Å². The second-order valence-corrected chi connectivity index (χ2v) is 6.03. The summed E-state index contributed by atoms with van der Waals surface area (Å²) in [5.41, 5.74) is 7.01. The fraction of sp³-hybridized carbons (Fsp3) is 0.263. The minimum Gasteiger partial charge on any atom is -0.454 e. The van der Waals surface area contributed by atoms with Crippen LogP contribution in [-0.2, 0) is 13.1 Å². The smallest absolute Gasteiger partial charge is 0.387 e. The number of carbonyl (C=O) groups excluding carboxylic acids is 1. The Kier molecular flexibility index (Phi) is 6.32. The number of halogens is 2. The number of hydrogen-bond donors (Lipinski definition) is 3. The number of amides is 1. The lowest BCUT2D eigenvalue weighted by molar-refractivity contribution is -0.0505. The van der Waals surface area contributed by atoms with Gasteiger partial charge in [-0.05, 0) is 23.8 Å². The van der Waals surface area contributed by atoms with Crippen molar-refractivity contribution < 1.29 is 27.8 Å². The van der Waals surface area contributed by atoms with Crippen LogP contribution in [0.1, 0.15) is 21.5 Å². The topological polar surface area (TPSA) is 107 Å². The van der Waals surface area contributed by atoms with Gasteiger partial charge >= 0.3 is 6.61 Å². The largest absolute Gasteiger partial charge is 0.454 e. The van der Waals surface area contributed by atoms with E-state index in [-0.39, 0.29) is 19.1 Å². The summed E-state index contributed by atoms with van der Waals surface area (Å²) < 4.78 is 40.5. The molecular weight excluding hydrogens is 386 g/mol. The first-order valence-corrected chi connectivity index (χ1v) is 8.67. The highest BCUT2D eigenvalue weighted by atomic mass is 19.3. The summed E-state index contributed by atoms with van der Waals surface area (Å²) in [6, 6.07) is 9.77. The Hall–Kier alpha value is -3.56. The van der Waals surface area contributed by atoms with Gasteiger partial charge < -0.3 is 30.6 Å². The maximum Gasteiger partial charge on any atom is 0.387 e. The second-order valence-electron chi connectivity index (χ2n) is 6.03. The Balaban J connectivity index is 1.62. The Labute approximate surface area is 165 Å². The summed E-state index contributed by atoms with van der Waals surface area (Å²) in [7, 11) is 1.59. The van der Waals surface area contributed by atoms with Crippen LogP contribution in [0.25, 0.3) is 0 Å². The minimum atomic E-state index is -2.96. The Morgan fingerprint density at radius 2 is 1.83 bits per heavy atom. The van der Waals surface area contributed by atoms with Gasteiger partial charge in [-0.3, -0.25) is 9.79 Å². The molecule has 4 N–H and O–H groups in total. The molecule has 2 aromatic carbocycles. The molecule has 0 bridgehead atoms. The van der Waals surface area contributed by atoms with E-state index in [0.717, 1.165) is 5.56 Å². The van der Waals surface area contributed by atoms with Crippen LogP contribution in [0.5, 0.6) is 17.2 Å². The number of primary amides is 1. The van der Waals surface area contributed by atoms with Crippen molar-refractivity contribution in [2.24, 2.45) is 10.7 Å². The monoisotopic (exact) mass is 406 g/mol. The normalized spacial score (nSPS) is 12.8. The molecule has 0 aliphatic carbocycles. The molecule has 29 heavy (non-hydrogen) atoms. The van der Waals surface area contributed by atoms with Crippen LogP contribution < -0.4 is 30.6 Å². The van der Waals surface area contributed by atoms with Crippen molar-refractivity contribution in [1.29, 1.82) is 0 Å². The molecule has 2 aromatic rings. The van der Waals surface area contributed by atoms with Crippen LogP contribution >= 0.6 is 0 Å². The van der Waals surface area contributed by atoms with Crippen molar-refractivity contribution >= 4 is 11.9 Å². The maximum atomic E-state index is 12.7. The molecule has 3 rings (SSSR count). The number of ether oxygens (including phenoxy) is 3. The second kappa shape index (κ2) is 9.09. The number of hydrogen-bond acceptors (Lipinski definition) is 5. The predicted octanol–water partition coefficient (Wildman–Crippen LogP) is 1.98. The van der Waals surface area contributed by atoms with Crippen LogP contribution in [0, 0.1) is 0 Å². The van der Waals surface area contributed by atoms with Crippen LogP contribution in [0.2, 0.25) is 0 Å². The molecule has 0 aromatic heterocycles. The van der Waals surface area contributed by atoms with Crippen LogP contribution in [0.3, 0.4) is 0 Å². The third-order valence-corrected chi connectivity index (χ3v) is 4.14. The molecule has 1 heterocycles. The summed E-state index contributed by atoms with van der Waals surface area (Å²) in [4.78, 5) is 15.2. The average Bonchev–Trinajstić information content (AvgIpc) is 3.15. The summed E-state index contributed by atoms with van der Waals surface area (Å²) in [6.07, 6.45) is 0. The van der Waals surface area contributed by atoms with E-state index >= 15 is 0 Å². The Morgan fingerprint density at radius 1 is 1.17 bits per heavy atom. The fourth-order valence-electron chi connectivity index (χ4n) is 2.68. The number of guanidine groups is 1. The number of carbonyl (C=O) groups is 1. The van der Waals surface area contributed by atoms with E-state index in [1.54, 1.807) is 37.4 Å². The summed E-state index contributed by atoms with van der Waals surface area (Å²) in [6.45, 7) is -2.34. The molecule has 1 amide bonds. The van der Waals surface area contributed by atoms with Crippen molar-refractivity contribution in [3.05, 3.63) is 53.1 Å². The van der Waals surface area contributed by atoms with Crippen molar-refractivity contribution in [2.75, 3.05) is 13.8 Å². The van der Waals surface area contributed by atoms with Gasteiger partial charge in [0.2, 0.25) is 12.7 Å². The van der Waals surface area contributed by atoms with E-state index < -0.39 is 12.5 Å². The number of nitrogens with zero attached hydrogens (tertiary/aromatic N) is 1. The zero-order valence-electron chi connectivity index (χ0n) is 15.6. The van der Waals surface area contributed by atoms with Crippen molar-refractivity contribution in [3.8, 4) is 17.2 Å². The van der Waals surface area contributed by atoms with Gasteiger partial charge in [0.15, 0.2) is 17.5 Å². The average molecular weight is 406 g/mol. The highest BCUT2D eigenvalue weighted by Gasteiger charge is 2.20. The molecule has 1 aliphatic rings. The summed E-state index contributed by atoms with van der Waals surface area (Å²) in [5, 5.41) is 6.13. The van der Waals surface area contributed by atoms with Crippen molar-refractivity contribution in [2.45, 2.75) is 19.7 Å². The lowest BCUT2D eigenvalue weighted by atomic mass is 10.1. The molecule has 10 heteroatoms. The van der Waals surface area contributed by atoms with E-state index in [2.05, 4.69) is 20.4 Å². The van der Waals surface area contributed by atoms with Gasteiger partial charge in [-0.2, -0.15) is 8.78 Å². The van der Waals surface area contributed by atoms with Gasteiger partial charge in [0.25, 0.3) is 0 Å². The predicted molar refractivity (Wildman–Crippen MR) is 101 cm³/mol. The molecular formula is C19H20F2N4O4. The highest BCUT2D eigenvalue weighted by Crippen LogP contribution is 2.38. The summed E-state index contributed by atoms with van der Waals surface area (Å²) in [5.74, 6) is 0.763. The molecule has 0 unspecified atom stereocenters. The van der Waals surface area contributed by atoms with Crippen LogP contribution in [0.15, 0.2) is 41.4 Å². The molecule has 0 spiro atoms. The minimum absolute atomic E-state index is 0.00533.